The van der Waals surface area contributed by atoms with Crippen molar-refractivity contribution in [2.45, 2.75) is 102 Å². The highest BCUT2D eigenvalue weighted by molar-refractivity contribution is 6.05. The highest BCUT2D eigenvalue weighted by atomic mass is 16.6. The molecule has 5 atom stereocenters. The van der Waals surface area contributed by atoms with Crippen LogP contribution >= 0.6 is 0 Å². The van der Waals surface area contributed by atoms with Gasteiger partial charge in [0.25, 0.3) is 5.91 Å². The maximum atomic E-state index is 14.8. The van der Waals surface area contributed by atoms with Crippen molar-refractivity contribution in [1.29, 1.82) is 0 Å². The fraction of sp³-hybridized carbons (Fsp3) is 0.629. The smallest absolute Gasteiger partial charge is 0.312 e. The van der Waals surface area contributed by atoms with Gasteiger partial charge in [-0.15, -0.1) is 13.2 Å². The van der Waals surface area contributed by atoms with Crippen molar-refractivity contribution in [2.24, 2.45) is 11.8 Å². The number of allylic oxidation sites excluding steroid dienone is 1. The van der Waals surface area contributed by atoms with E-state index in [1.807, 2.05) is 45.0 Å². The van der Waals surface area contributed by atoms with E-state index in [2.05, 4.69) is 13.2 Å². The lowest BCUT2D eigenvalue weighted by Crippen LogP contribution is -2.56. The average Bonchev–Trinajstić information content (AvgIpc) is 3.60. The monoisotopic (exact) mass is 594 g/mol. The second-order valence-corrected chi connectivity index (χ2v) is 12.5. The number of ether oxygens (including phenoxy) is 2. The predicted molar refractivity (Wildman–Crippen MR) is 168 cm³/mol. The summed E-state index contributed by atoms with van der Waals surface area (Å²) < 4.78 is 12.7. The maximum absolute atomic E-state index is 14.8. The zero-order valence-electron chi connectivity index (χ0n) is 26.3. The SMILES string of the molecule is C=CCCCCOC(=O)[C@H]1[C@H]2C(=O)N(CCCCCCO)C(C(=O)N(CC=C)c3cc(C)ccc3C)C23CC[C@]1(CC)O3. The van der Waals surface area contributed by atoms with E-state index >= 15 is 0 Å². The number of carbonyl (C=O) groups excluding carboxylic acids is 3. The number of anilines is 1. The number of esters is 1. The third-order valence-electron chi connectivity index (χ3n) is 9.76. The van der Waals surface area contributed by atoms with Gasteiger partial charge in [-0.25, -0.2) is 0 Å². The van der Waals surface area contributed by atoms with Gasteiger partial charge in [0.15, 0.2) is 0 Å². The first-order valence-electron chi connectivity index (χ1n) is 16.1. The maximum Gasteiger partial charge on any atom is 0.312 e. The van der Waals surface area contributed by atoms with Crippen molar-refractivity contribution in [3.05, 3.63) is 54.6 Å². The van der Waals surface area contributed by atoms with Crippen LogP contribution in [0.2, 0.25) is 0 Å². The van der Waals surface area contributed by atoms with E-state index in [4.69, 9.17) is 9.47 Å². The molecule has 8 nitrogen and oxygen atoms in total. The van der Waals surface area contributed by atoms with Gasteiger partial charge < -0.3 is 24.4 Å². The summed E-state index contributed by atoms with van der Waals surface area (Å²) in [6, 6.07) is 5.15. The topological polar surface area (TPSA) is 96.4 Å². The molecule has 1 N–H and O–H groups in total. The van der Waals surface area contributed by atoms with E-state index in [0.29, 0.717) is 38.6 Å². The van der Waals surface area contributed by atoms with Crippen molar-refractivity contribution in [2.75, 3.05) is 31.2 Å². The second-order valence-electron chi connectivity index (χ2n) is 12.5. The minimum Gasteiger partial charge on any atom is -0.465 e. The lowest BCUT2D eigenvalue weighted by molar-refractivity contribution is -0.161. The van der Waals surface area contributed by atoms with Gasteiger partial charge in [-0.1, -0.05) is 44.1 Å². The normalized spacial score (nSPS) is 27.3. The van der Waals surface area contributed by atoms with Gasteiger partial charge in [0.1, 0.15) is 17.6 Å². The summed E-state index contributed by atoms with van der Waals surface area (Å²) in [6.07, 6.45) is 10.8. The van der Waals surface area contributed by atoms with E-state index in [9.17, 15) is 19.5 Å². The van der Waals surface area contributed by atoms with Crippen LogP contribution in [-0.4, -0.2) is 71.3 Å². The van der Waals surface area contributed by atoms with Crippen LogP contribution in [0.4, 0.5) is 5.69 Å². The molecule has 0 radical (unpaired) electrons. The standard InChI is InChI=1S/C35H50N2O6/c1-6-9-10-15-23-42-33(41)29-28-31(39)37(21-13-11-12-14-22-38)30(35(28)19-18-34(29,8-3)43-35)32(40)36(20-7-2)27-24-25(4)16-17-26(27)5/h6-7,16-17,24,28-30,38H,1-2,8-15,18-23H2,3-5H3/t28-,29+,30?,34-,35?/m0/s1. The number of aryl methyl sites for hydroxylation is 2. The third-order valence-corrected chi connectivity index (χ3v) is 9.76. The molecule has 1 aromatic rings. The number of benzene rings is 1. The van der Waals surface area contributed by atoms with Crippen molar-refractivity contribution in [3.8, 4) is 0 Å². The molecule has 3 aliphatic rings. The van der Waals surface area contributed by atoms with Crippen LogP contribution in [0.15, 0.2) is 43.5 Å². The molecule has 4 rings (SSSR count). The number of rotatable bonds is 17. The summed E-state index contributed by atoms with van der Waals surface area (Å²) in [5.41, 5.74) is 0.842. The molecule has 2 amide bonds. The number of carbonyl (C=O) groups is 3. The Morgan fingerprint density at radius 3 is 2.58 bits per heavy atom. The van der Waals surface area contributed by atoms with Crippen LogP contribution in [0.25, 0.3) is 0 Å². The highest BCUT2D eigenvalue weighted by Crippen LogP contribution is 2.64. The van der Waals surface area contributed by atoms with Crippen molar-refractivity contribution in [1.82, 2.24) is 4.90 Å². The fourth-order valence-corrected chi connectivity index (χ4v) is 7.59. The minimum atomic E-state index is -1.10. The molecule has 2 unspecified atom stereocenters. The van der Waals surface area contributed by atoms with Gasteiger partial charge >= 0.3 is 5.97 Å². The predicted octanol–water partition coefficient (Wildman–Crippen LogP) is 5.43. The number of aliphatic hydroxyl groups is 1. The second kappa shape index (κ2) is 14.2. The van der Waals surface area contributed by atoms with Gasteiger partial charge in [0.2, 0.25) is 5.91 Å². The molecule has 0 aliphatic carbocycles. The molecule has 3 fully saturated rings. The third kappa shape index (κ3) is 6.18. The molecular formula is C35H50N2O6. The number of fused-ring (bicyclic) bond motifs is 1. The van der Waals surface area contributed by atoms with E-state index < -0.39 is 35.0 Å². The van der Waals surface area contributed by atoms with E-state index in [0.717, 1.165) is 48.9 Å². The number of nitrogens with zero attached hydrogens (tertiary/aromatic N) is 2. The molecular weight excluding hydrogens is 544 g/mol. The molecule has 8 heteroatoms. The summed E-state index contributed by atoms with van der Waals surface area (Å²) in [6.45, 7) is 14.7. The Balaban J connectivity index is 1.71. The summed E-state index contributed by atoms with van der Waals surface area (Å²) in [7, 11) is 0. The van der Waals surface area contributed by atoms with Gasteiger partial charge in [0, 0.05) is 25.4 Å². The molecule has 1 aromatic carbocycles. The molecule has 0 aromatic heterocycles. The van der Waals surface area contributed by atoms with Crippen LogP contribution in [0.1, 0.15) is 82.3 Å². The molecule has 1 spiro atoms. The first-order chi connectivity index (χ1) is 20.7. The number of aliphatic hydroxyl groups excluding tert-OH is 1. The zero-order chi connectivity index (χ0) is 31.2. The first-order valence-corrected chi connectivity index (χ1v) is 16.1. The van der Waals surface area contributed by atoms with Crippen LogP contribution in [0.5, 0.6) is 0 Å². The Kier molecular flexibility index (Phi) is 10.9. The quantitative estimate of drug-likeness (QED) is 0.147. The van der Waals surface area contributed by atoms with Gasteiger partial charge in [-0.05, 0) is 82.4 Å². The van der Waals surface area contributed by atoms with Crippen LogP contribution in [0.3, 0.4) is 0 Å². The molecule has 0 saturated carbocycles. The van der Waals surface area contributed by atoms with Crippen LogP contribution in [-0.2, 0) is 23.9 Å². The number of hydrogen-bond donors (Lipinski definition) is 1. The van der Waals surface area contributed by atoms with Crippen molar-refractivity contribution < 1.29 is 29.0 Å². The first kappa shape index (κ1) is 32.9. The molecule has 236 valence electrons. The summed E-state index contributed by atoms with van der Waals surface area (Å²) in [4.78, 5) is 46.4. The summed E-state index contributed by atoms with van der Waals surface area (Å²) in [5.74, 6) is -2.30. The Morgan fingerprint density at radius 2 is 1.88 bits per heavy atom. The Hall–Kier alpha value is -2.97. The van der Waals surface area contributed by atoms with Gasteiger partial charge in [-0.2, -0.15) is 0 Å². The molecule has 3 saturated heterocycles. The van der Waals surface area contributed by atoms with E-state index in [-0.39, 0.29) is 31.6 Å². The minimum absolute atomic E-state index is 0.131. The molecule has 3 aliphatic heterocycles. The van der Waals surface area contributed by atoms with Crippen LogP contribution in [0, 0.1) is 25.7 Å². The zero-order valence-corrected chi connectivity index (χ0v) is 26.3. The van der Waals surface area contributed by atoms with Crippen molar-refractivity contribution >= 4 is 23.5 Å². The Labute approximate surface area is 257 Å². The fourth-order valence-electron chi connectivity index (χ4n) is 7.59. The number of hydrogen-bond acceptors (Lipinski definition) is 6. The molecule has 43 heavy (non-hydrogen) atoms. The summed E-state index contributed by atoms with van der Waals surface area (Å²) >= 11 is 0. The lowest BCUT2D eigenvalue weighted by atomic mass is 9.65. The largest absolute Gasteiger partial charge is 0.465 e. The van der Waals surface area contributed by atoms with E-state index in [1.54, 1.807) is 15.9 Å². The average molecular weight is 595 g/mol. The Bertz CT molecular complexity index is 1200. The number of likely N-dealkylation sites (tertiary alicyclic amines) is 1. The lowest BCUT2D eigenvalue weighted by Gasteiger charge is -2.37. The van der Waals surface area contributed by atoms with Gasteiger partial charge in [-0.3, -0.25) is 14.4 Å². The summed E-state index contributed by atoms with van der Waals surface area (Å²) in [5, 5.41) is 9.22. The molecule has 3 heterocycles. The van der Waals surface area contributed by atoms with Gasteiger partial charge in [0.05, 0.1) is 18.1 Å². The van der Waals surface area contributed by atoms with Crippen LogP contribution < -0.4 is 4.90 Å². The number of amides is 2. The van der Waals surface area contributed by atoms with Crippen molar-refractivity contribution in [3.63, 3.8) is 0 Å². The number of unbranched alkanes of at least 4 members (excludes halogenated alkanes) is 5. The highest BCUT2D eigenvalue weighted by Gasteiger charge is 2.79. The molecule has 2 bridgehead atoms. The Morgan fingerprint density at radius 1 is 1.12 bits per heavy atom. The van der Waals surface area contributed by atoms with E-state index in [1.165, 1.54) is 0 Å².